The number of nitrogens with one attached hydrogen (secondary N) is 1. The van der Waals surface area contributed by atoms with E-state index in [9.17, 15) is 5.11 Å². The normalized spacial score (nSPS) is 15.4. The lowest BCUT2D eigenvalue weighted by Gasteiger charge is -2.34. The molecule has 0 aliphatic rings. The predicted octanol–water partition coefficient (Wildman–Crippen LogP) is 3.74. The van der Waals surface area contributed by atoms with Crippen LogP contribution in [-0.4, -0.2) is 17.8 Å². The molecule has 3 heteroatoms. The third kappa shape index (κ3) is 4.86. The van der Waals surface area contributed by atoms with Crippen LogP contribution in [0.1, 0.15) is 45.7 Å². The summed E-state index contributed by atoms with van der Waals surface area (Å²) in [6.45, 7) is 9.04. The van der Waals surface area contributed by atoms with Crippen molar-refractivity contribution in [3.8, 4) is 0 Å². The summed E-state index contributed by atoms with van der Waals surface area (Å²) in [6.07, 6.45) is 0.790. The molecule has 0 amide bonds. The molecule has 0 radical (unpaired) electrons. The minimum Gasteiger partial charge on any atom is -0.396 e. The molecule has 0 bridgehead atoms. The second kappa shape index (κ2) is 6.87. The molecule has 102 valence electrons. The van der Waals surface area contributed by atoms with Gasteiger partial charge in [0.15, 0.2) is 0 Å². The number of aliphatic hydroxyl groups excluding tert-OH is 1. The van der Waals surface area contributed by atoms with E-state index < -0.39 is 0 Å². The summed E-state index contributed by atoms with van der Waals surface area (Å²) in [6, 6.07) is 9.21. The first kappa shape index (κ1) is 15.9. The zero-order valence-corrected chi connectivity index (χ0v) is 13.9. The largest absolute Gasteiger partial charge is 0.396 e. The number of aliphatic hydroxyl groups is 1. The molecule has 0 spiro atoms. The van der Waals surface area contributed by atoms with Crippen LogP contribution in [0.5, 0.6) is 0 Å². The molecule has 18 heavy (non-hydrogen) atoms. The lowest BCUT2D eigenvalue weighted by molar-refractivity contribution is 0.188. The monoisotopic (exact) mass is 361 g/mol. The molecule has 0 aliphatic carbocycles. The molecule has 2 atom stereocenters. The highest BCUT2D eigenvalue weighted by atomic mass is 127. The molecule has 2 unspecified atom stereocenters. The molecule has 2 nitrogen and oxygen atoms in total. The molecule has 0 aliphatic heterocycles. The first-order chi connectivity index (χ1) is 8.34. The summed E-state index contributed by atoms with van der Waals surface area (Å²) in [4.78, 5) is 0. The Kier molecular flexibility index (Phi) is 6.08. The van der Waals surface area contributed by atoms with Gasteiger partial charge in [-0.3, -0.25) is 0 Å². The average Bonchev–Trinajstić information content (AvgIpc) is 2.28. The fraction of sp³-hybridized carbons (Fsp3) is 0.600. The van der Waals surface area contributed by atoms with E-state index in [1.165, 1.54) is 9.13 Å². The Hall–Kier alpha value is -0.130. The second-order valence-electron chi connectivity index (χ2n) is 5.87. The van der Waals surface area contributed by atoms with Gasteiger partial charge in [-0.15, -0.1) is 0 Å². The van der Waals surface area contributed by atoms with Gasteiger partial charge in [0.05, 0.1) is 0 Å². The molecular formula is C15H24INO. The van der Waals surface area contributed by atoms with Crippen molar-refractivity contribution in [2.75, 3.05) is 6.61 Å². The summed E-state index contributed by atoms with van der Waals surface area (Å²) in [7, 11) is 0. The fourth-order valence-electron chi connectivity index (χ4n) is 2.04. The molecule has 0 heterocycles. The highest BCUT2D eigenvalue weighted by Gasteiger charge is 2.25. The summed E-state index contributed by atoms with van der Waals surface area (Å²) in [5, 5.41) is 12.8. The van der Waals surface area contributed by atoms with Crippen LogP contribution < -0.4 is 5.32 Å². The topological polar surface area (TPSA) is 32.3 Å². The standard InChI is InChI=1S/C15H24INO/c1-11(12-5-7-13(16)8-6-12)17-14(9-10-18)15(2,3)4/h5-8,11,14,17-18H,9-10H2,1-4H3. The van der Waals surface area contributed by atoms with Gasteiger partial charge in [-0.1, -0.05) is 32.9 Å². The van der Waals surface area contributed by atoms with Gasteiger partial charge in [-0.05, 0) is 59.0 Å². The summed E-state index contributed by atoms with van der Waals surface area (Å²) >= 11 is 2.32. The van der Waals surface area contributed by atoms with E-state index in [1.807, 2.05) is 0 Å². The smallest absolute Gasteiger partial charge is 0.0446 e. The Morgan fingerprint density at radius 3 is 2.22 bits per heavy atom. The first-order valence-electron chi connectivity index (χ1n) is 6.47. The van der Waals surface area contributed by atoms with Crippen LogP contribution in [-0.2, 0) is 0 Å². The maximum absolute atomic E-state index is 9.18. The van der Waals surface area contributed by atoms with E-state index in [4.69, 9.17) is 0 Å². The zero-order chi connectivity index (χ0) is 13.8. The average molecular weight is 361 g/mol. The Morgan fingerprint density at radius 2 is 1.78 bits per heavy atom. The number of hydrogen-bond acceptors (Lipinski definition) is 2. The van der Waals surface area contributed by atoms with Gasteiger partial charge in [-0.2, -0.15) is 0 Å². The van der Waals surface area contributed by atoms with Crippen molar-refractivity contribution in [3.05, 3.63) is 33.4 Å². The van der Waals surface area contributed by atoms with Crippen LogP contribution in [0.4, 0.5) is 0 Å². The van der Waals surface area contributed by atoms with E-state index in [2.05, 4.69) is 79.9 Å². The van der Waals surface area contributed by atoms with E-state index in [0.29, 0.717) is 12.1 Å². The zero-order valence-electron chi connectivity index (χ0n) is 11.7. The summed E-state index contributed by atoms with van der Waals surface area (Å²) in [5.74, 6) is 0. The Morgan fingerprint density at radius 1 is 1.22 bits per heavy atom. The van der Waals surface area contributed by atoms with Crippen LogP contribution in [0.15, 0.2) is 24.3 Å². The molecule has 1 aromatic rings. The van der Waals surface area contributed by atoms with Crippen molar-refractivity contribution in [1.29, 1.82) is 0 Å². The number of halogens is 1. The Bertz CT molecular complexity index is 356. The molecule has 0 saturated heterocycles. The van der Waals surface area contributed by atoms with Crippen molar-refractivity contribution in [2.45, 2.75) is 46.2 Å². The molecule has 1 aromatic carbocycles. The molecular weight excluding hydrogens is 337 g/mol. The molecule has 0 fully saturated rings. The van der Waals surface area contributed by atoms with Gasteiger partial charge in [0, 0.05) is 22.3 Å². The van der Waals surface area contributed by atoms with E-state index in [-0.39, 0.29) is 12.0 Å². The van der Waals surface area contributed by atoms with Crippen LogP contribution in [0.25, 0.3) is 0 Å². The van der Waals surface area contributed by atoms with E-state index in [1.54, 1.807) is 0 Å². The highest BCUT2D eigenvalue weighted by Crippen LogP contribution is 2.25. The third-order valence-corrected chi connectivity index (χ3v) is 4.00. The first-order valence-corrected chi connectivity index (χ1v) is 7.55. The SMILES string of the molecule is CC(NC(CCO)C(C)(C)C)c1ccc(I)cc1. The van der Waals surface area contributed by atoms with Gasteiger partial charge >= 0.3 is 0 Å². The van der Waals surface area contributed by atoms with Crippen LogP contribution in [0.3, 0.4) is 0 Å². The summed E-state index contributed by atoms with van der Waals surface area (Å²) < 4.78 is 1.26. The second-order valence-corrected chi connectivity index (χ2v) is 7.12. The lowest BCUT2D eigenvalue weighted by Crippen LogP contribution is -2.42. The van der Waals surface area contributed by atoms with Crippen LogP contribution in [0.2, 0.25) is 0 Å². The van der Waals surface area contributed by atoms with Crippen molar-refractivity contribution in [2.24, 2.45) is 5.41 Å². The molecule has 2 N–H and O–H groups in total. The van der Waals surface area contributed by atoms with Crippen molar-refractivity contribution in [3.63, 3.8) is 0 Å². The number of rotatable bonds is 5. The Balaban J connectivity index is 2.72. The molecule has 0 aromatic heterocycles. The highest BCUT2D eigenvalue weighted by molar-refractivity contribution is 14.1. The van der Waals surface area contributed by atoms with Crippen molar-refractivity contribution in [1.82, 2.24) is 5.32 Å². The summed E-state index contributed by atoms with van der Waals surface area (Å²) in [5.41, 5.74) is 1.45. The number of benzene rings is 1. The molecule has 0 saturated carbocycles. The van der Waals surface area contributed by atoms with Gasteiger partial charge in [-0.25, -0.2) is 0 Å². The fourth-order valence-corrected chi connectivity index (χ4v) is 2.40. The van der Waals surface area contributed by atoms with Gasteiger partial charge in [0.2, 0.25) is 0 Å². The Labute approximate surface area is 124 Å². The van der Waals surface area contributed by atoms with E-state index >= 15 is 0 Å². The van der Waals surface area contributed by atoms with Crippen molar-refractivity contribution >= 4 is 22.6 Å². The van der Waals surface area contributed by atoms with E-state index in [0.717, 1.165) is 6.42 Å². The lowest BCUT2D eigenvalue weighted by atomic mass is 9.84. The third-order valence-electron chi connectivity index (χ3n) is 3.28. The predicted molar refractivity (Wildman–Crippen MR) is 85.7 cm³/mol. The van der Waals surface area contributed by atoms with Gasteiger partial charge in [0.25, 0.3) is 0 Å². The maximum atomic E-state index is 9.18. The molecule has 1 rings (SSSR count). The minimum absolute atomic E-state index is 0.153. The van der Waals surface area contributed by atoms with Gasteiger partial charge < -0.3 is 10.4 Å². The van der Waals surface area contributed by atoms with Crippen molar-refractivity contribution < 1.29 is 5.11 Å². The quantitative estimate of drug-likeness (QED) is 0.784. The maximum Gasteiger partial charge on any atom is 0.0446 e. The van der Waals surface area contributed by atoms with Crippen LogP contribution >= 0.6 is 22.6 Å². The minimum atomic E-state index is 0.153. The van der Waals surface area contributed by atoms with Gasteiger partial charge in [0.1, 0.15) is 0 Å². The van der Waals surface area contributed by atoms with Crippen LogP contribution in [0, 0.1) is 8.99 Å². The number of hydrogen-bond donors (Lipinski definition) is 2.